The molecule has 4 rings (SSSR count). The second-order valence-corrected chi connectivity index (χ2v) is 9.19. The number of nitrogens with zero attached hydrogens (tertiary/aromatic N) is 3. The Morgan fingerprint density at radius 1 is 1.05 bits per heavy atom. The van der Waals surface area contributed by atoms with Gasteiger partial charge in [-0.25, -0.2) is 14.6 Å². The van der Waals surface area contributed by atoms with Crippen molar-refractivity contribution >= 4 is 45.9 Å². The van der Waals surface area contributed by atoms with Crippen molar-refractivity contribution in [2.75, 3.05) is 36.9 Å². The number of carbonyl (C=O) groups excluding carboxylic acids is 2. The molecule has 5 N–H and O–H groups in total. The number of piperidine rings is 1. The van der Waals surface area contributed by atoms with E-state index < -0.39 is 23.9 Å². The third-order valence-corrected chi connectivity index (χ3v) is 6.36. The van der Waals surface area contributed by atoms with Crippen molar-refractivity contribution in [1.29, 1.82) is 0 Å². The van der Waals surface area contributed by atoms with Crippen molar-refractivity contribution in [2.45, 2.75) is 25.4 Å². The Balaban J connectivity index is 0.000000616. The third-order valence-electron chi connectivity index (χ3n) is 6.36. The summed E-state index contributed by atoms with van der Waals surface area (Å²) in [4.78, 5) is 54.7. The molecule has 0 spiro atoms. The van der Waals surface area contributed by atoms with Gasteiger partial charge in [0, 0.05) is 60.7 Å². The molecule has 0 radical (unpaired) electrons. The normalized spacial score (nSPS) is 13.5. The molecule has 1 aliphatic heterocycles. The number of aliphatic carboxylic acids is 2. The maximum Gasteiger partial charge on any atom is 0.490 e. The number of rotatable bonds is 9. The quantitative estimate of drug-likeness (QED) is 0.212. The van der Waals surface area contributed by atoms with E-state index in [0.717, 1.165) is 37.0 Å². The number of fused-ring (bicyclic) bond motifs is 1. The minimum absolute atomic E-state index is 0.0174. The summed E-state index contributed by atoms with van der Waals surface area (Å²) in [5.74, 6) is -4.65. The minimum atomic E-state index is -5.08. The van der Waals surface area contributed by atoms with E-state index in [1.165, 1.54) is 6.20 Å². The number of nitrogen functional groups attached to an aromatic ring is 1. The molecule has 2 aromatic heterocycles. The number of aromatic nitrogens is 2. The third kappa shape index (κ3) is 8.78. The Bertz CT molecular complexity index is 1430. The van der Waals surface area contributed by atoms with Crippen LogP contribution in [0, 0.1) is 5.92 Å². The number of alkyl halides is 3. The van der Waals surface area contributed by atoms with Crippen LogP contribution in [-0.2, 0) is 25.6 Å². The highest BCUT2D eigenvalue weighted by Gasteiger charge is 2.38. The standard InChI is InChI=1S/C25H27N5O5.C2HF3O2/c26-23-20-15-22(18(14-21(31)25(33)34)13-17(20)1-8-28-23)35-12-9-29-24(32)16-4-10-30(11-5-16)19-2-6-27-7-3-19;3-2(4,5)1(6)7/h1-3,6-8,13,15-16H,4-5,9-12,14H2,(H2,26,28)(H,29,32)(H,33,34);(H,6,7). The predicted octanol–water partition coefficient (Wildman–Crippen LogP) is 2.45. The van der Waals surface area contributed by atoms with Crippen LogP contribution in [0.4, 0.5) is 24.7 Å². The Morgan fingerprint density at radius 3 is 2.29 bits per heavy atom. The van der Waals surface area contributed by atoms with Crippen molar-refractivity contribution in [2.24, 2.45) is 5.92 Å². The Kier molecular flexibility index (Phi) is 10.6. The van der Waals surface area contributed by atoms with Gasteiger partial charge in [0.25, 0.3) is 0 Å². The highest BCUT2D eigenvalue weighted by molar-refractivity contribution is 6.33. The number of carboxylic acids is 2. The number of Topliss-reactive ketones (excluding diaryl/α,β-unsaturated/α-hetero) is 1. The highest BCUT2D eigenvalue weighted by Crippen LogP contribution is 2.29. The average molecular weight is 592 g/mol. The number of pyridine rings is 2. The lowest BCUT2D eigenvalue weighted by molar-refractivity contribution is -0.192. The number of amides is 1. The molecule has 1 aromatic carbocycles. The zero-order valence-electron chi connectivity index (χ0n) is 22.1. The van der Waals surface area contributed by atoms with E-state index in [9.17, 15) is 27.6 Å². The molecule has 0 atom stereocenters. The largest absolute Gasteiger partial charge is 0.491 e. The van der Waals surface area contributed by atoms with Crippen molar-refractivity contribution in [1.82, 2.24) is 15.3 Å². The van der Waals surface area contributed by atoms with Crippen molar-refractivity contribution in [3.63, 3.8) is 0 Å². The molecule has 224 valence electrons. The molecule has 0 bridgehead atoms. The van der Waals surface area contributed by atoms with E-state index in [2.05, 4.69) is 20.2 Å². The molecule has 15 heteroatoms. The van der Waals surface area contributed by atoms with Gasteiger partial charge in [0.15, 0.2) is 0 Å². The molecule has 3 heterocycles. The Morgan fingerprint density at radius 2 is 1.69 bits per heavy atom. The van der Waals surface area contributed by atoms with E-state index >= 15 is 0 Å². The topological polar surface area (TPSA) is 185 Å². The zero-order chi connectivity index (χ0) is 30.9. The molecule has 3 aromatic rings. The second kappa shape index (κ2) is 14.1. The summed E-state index contributed by atoms with van der Waals surface area (Å²) in [6.45, 7) is 2.02. The maximum absolute atomic E-state index is 12.6. The molecule has 0 saturated carbocycles. The van der Waals surface area contributed by atoms with Gasteiger partial charge in [-0.1, -0.05) is 0 Å². The minimum Gasteiger partial charge on any atom is -0.491 e. The first-order valence-corrected chi connectivity index (χ1v) is 12.7. The molecule has 0 unspecified atom stereocenters. The first-order valence-electron chi connectivity index (χ1n) is 12.7. The fourth-order valence-corrected chi connectivity index (χ4v) is 4.23. The monoisotopic (exact) mass is 591 g/mol. The molecular weight excluding hydrogens is 563 g/mol. The molecule has 1 amide bonds. The van der Waals surface area contributed by atoms with Gasteiger partial charge < -0.3 is 30.9 Å². The van der Waals surface area contributed by atoms with Gasteiger partial charge in [-0.15, -0.1) is 0 Å². The van der Waals surface area contributed by atoms with Crippen LogP contribution in [0.5, 0.6) is 5.75 Å². The van der Waals surface area contributed by atoms with Gasteiger partial charge in [-0.2, -0.15) is 13.2 Å². The van der Waals surface area contributed by atoms with Gasteiger partial charge in [0.05, 0.1) is 6.54 Å². The van der Waals surface area contributed by atoms with Crippen molar-refractivity contribution in [3.8, 4) is 5.75 Å². The number of hydrogen-bond acceptors (Lipinski definition) is 9. The van der Waals surface area contributed by atoms with Gasteiger partial charge in [0.2, 0.25) is 11.7 Å². The number of nitrogens with one attached hydrogen (secondary N) is 1. The SMILES string of the molecule is Nc1nccc2cc(CC(=O)C(=O)O)c(OCCNC(=O)C3CCN(c4ccncc4)CC3)cc12.O=C(O)C(F)(F)F. The number of ether oxygens (including phenoxy) is 1. The summed E-state index contributed by atoms with van der Waals surface area (Å²) >= 11 is 0. The zero-order valence-corrected chi connectivity index (χ0v) is 22.1. The maximum atomic E-state index is 12.6. The first kappa shape index (κ1) is 31.6. The molecule has 12 nitrogen and oxygen atoms in total. The van der Waals surface area contributed by atoms with Gasteiger partial charge in [0.1, 0.15) is 18.2 Å². The molecule has 1 fully saturated rings. The lowest BCUT2D eigenvalue weighted by Gasteiger charge is -2.32. The van der Waals surface area contributed by atoms with Crippen LogP contribution in [0.2, 0.25) is 0 Å². The van der Waals surface area contributed by atoms with Crippen LogP contribution in [0.15, 0.2) is 48.9 Å². The van der Waals surface area contributed by atoms with Crippen LogP contribution >= 0.6 is 0 Å². The van der Waals surface area contributed by atoms with E-state index in [-0.39, 0.29) is 31.4 Å². The summed E-state index contributed by atoms with van der Waals surface area (Å²) in [5.41, 5.74) is 7.50. The Hall–Kier alpha value is -4.95. The number of ketones is 1. The number of hydrogen-bond donors (Lipinski definition) is 4. The lowest BCUT2D eigenvalue weighted by atomic mass is 9.95. The van der Waals surface area contributed by atoms with E-state index in [4.69, 9.17) is 25.5 Å². The number of carboxylic acid groups (broad SMARTS) is 2. The molecular formula is C27H28F3N5O7. The van der Waals surface area contributed by atoms with Crippen LogP contribution in [0.25, 0.3) is 10.8 Å². The summed E-state index contributed by atoms with van der Waals surface area (Å²) in [6, 6.07) is 8.99. The molecule has 42 heavy (non-hydrogen) atoms. The van der Waals surface area contributed by atoms with Crippen LogP contribution in [0.3, 0.4) is 0 Å². The summed E-state index contributed by atoms with van der Waals surface area (Å²) < 4.78 is 37.6. The average Bonchev–Trinajstić information content (AvgIpc) is 2.96. The molecule has 1 aliphatic rings. The first-order chi connectivity index (χ1) is 19.9. The fourth-order valence-electron chi connectivity index (χ4n) is 4.23. The van der Waals surface area contributed by atoms with E-state index in [1.807, 2.05) is 12.1 Å². The number of nitrogens with two attached hydrogens (primary N) is 1. The lowest BCUT2D eigenvalue weighted by Crippen LogP contribution is -2.41. The van der Waals surface area contributed by atoms with Gasteiger partial charge in [-0.3, -0.25) is 14.6 Å². The van der Waals surface area contributed by atoms with Crippen molar-refractivity contribution < 1.29 is 47.3 Å². The van der Waals surface area contributed by atoms with Gasteiger partial charge in [-0.05, 0) is 48.6 Å². The number of anilines is 2. The van der Waals surface area contributed by atoms with Crippen LogP contribution in [-0.4, -0.2) is 76.2 Å². The Labute approximate surface area is 237 Å². The second-order valence-electron chi connectivity index (χ2n) is 9.19. The molecule has 1 saturated heterocycles. The van der Waals surface area contributed by atoms with Crippen LogP contribution in [0.1, 0.15) is 18.4 Å². The number of halogens is 3. The molecule has 0 aliphatic carbocycles. The predicted molar refractivity (Wildman–Crippen MR) is 144 cm³/mol. The summed E-state index contributed by atoms with van der Waals surface area (Å²) in [5, 5.41) is 20.4. The highest BCUT2D eigenvalue weighted by atomic mass is 19.4. The smallest absolute Gasteiger partial charge is 0.490 e. The van der Waals surface area contributed by atoms with E-state index in [0.29, 0.717) is 22.5 Å². The summed E-state index contributed by atoms with van der Waals surface area (Å²) in [7, 11) is 0. The van der Waals surface area contributed by atoms with Gasteiger partial charge >= 0.3 is 18.1 Å². The summed E-state index contributed by atoms with van der Waals surface area (Å²) in [6.07, 6.45) is 1.18. The number of carbonyl (C=O) groups is 4. The van der Waals surface area contributed by atoms with Crippen molar-refractivity contribution in [3.05, 3.63) is 54.5 Å². The fraction of sp³-hybridized carbons (Fsp3) is 0.333. The van der Waals surface area contributed by atoms with E-state index in [1.54, 1.807) is 30.6 Å². The number of benzene rings is 1. The van der Waals surface area contributed by atoms with Crippen LogP contribution < -0.4 is 20.7 Å².